The van der Waals surface area contributed by atoms with Gasteiger partial charge in [-0.15, -0.1) is 0 Å². The lowest BCUT2D eigenvalue weighted by Crippen LogP contribution is -2.53. The molecule has 0 aromatic carbocycles. The maximum Gasteiger partial charge on any atom is 0.410 e. The highest BCUT2D eigenvalue weighted by Crippen LogP contribution is 2.28. The molecular formula is C37H59N3O8. The molecule has 11 nitrogen and oxygen atoms in total. The summed E-state index contributed by atoms with van der Waals surface area (Å²) in [6.45, 7) is 9.95. The van der Waals surface area contributed by atoms with Crippen molar-refractivity contribution in [1.82, 2.24) is 14.7 Å². The fourth-order valence-electron chi connectivity index (χ4n) is 7.14. The zero-order valence-corrected chi connectivity index (χ0v) is 29.4. The summed E-state index contributed by atoms with van der Waals surface area (Å²) in [5.41, 5.74) is -0.677. The molecule has 2 saturated heterocycles. The van der Waals surface area contributed by atoms with E-state index in [0.717, 1.165) is 44.6 Å². The number of hydrogen-bond donors (Lipinski definition) is 2. The normalized spacial score (nSPS) is 31.4. The van der Waals surface area contributed by atoms with E-state index in [1.807, 2.05) is 38.2 Å². The van der Waals surface area contributed by atoms with Gasteiger partial charge in [-0.2, -0.15) is 0 Å². The monoisotopic (exact) mass is 673 g/mol. The van der Waals surface area contributed by atoms with Gasteiger partial charge in [-0.1, -0.05) is 56.9 Å². The maximum absolute atomic E-state index is 13.4. The first-order valence-corrected chi connectivity index (χ1v) is 18.3. The second-order valence-electron chi connectivity index (χ2n) is 14.3. The van der Waals surface area contributed by atoms with Crippen LogP contribution in [0.2, 0.25) is 0 Å². The summed E-state index contributed by atoms with van der Waals surface area (Å²) in [5.74, 6) is -0.846. The summed E-state index contributed by atoms with van der Waals surface area (Å²) in [4.78, 5) is 44.2. The molecule has 2 N–H and O–H groups in total. The molecule has 48 heavy (non-hydrogen) atoms. The van der Waals surface area contributed by atoms with E-state index in [9.17, 15) is 24.6 Å². The number of cyclic esters (lactones) is 1. The molecule has 0 spiro atoms. The molecule has 0 aromatic rings. The molecule has 3 heterocycles. The van der Waals surface area contributed by atoms with Crippen molar-refractivity contribution < 1.29 is 38.8 Å². The number of hydrogen-bond acceptors (Lipinski definition) is 9. The van der Waals surface area contributed by atoms with Gasteiger partial charge in [0.2, 0.25) is 0 Å². The van der Waals surface area contributed by atoms with E-state index in [-0.39, 0.29) is 37.9 Å². The van der Waals surface area contributed by atoms with E-state index in [4.69, 9.17) is 14.2 Å². The average Bonchev–Trinajstić information content (AvgIpc) is 3.48. The van der Waals surface area contributed by atoms with Crippen LogP contribution in [-0.4, -0.2) is 119 Å². The van der Waals surface area contributed by atoms with Gasteiger partial charge in [0.25, 0.3) is 0 Å². The third kappa shape index (κ3) is 11.6. The highest BCUT2D eigenvalue weighted by molar-refractivity contribution is 5.70. The molecule has 0 bridgehead atoms. The quantitative estimate of drug-likeness (QED) is 0.0917. The number of allylic oxidation sites excluding steroid dienone is 2. The number of nitrogens with zero attached hydrogens (tertiary/aromatic N) is 3. The van der Waals surface area contributed by atoms with Gasteiger partial charge in [-0.05, 0) is 70.4 Å². The van der Waals surface area contributed by atoms with Gasteiger partial charge in [0.15, 0.2) is 6.10 Å². The first kappa shape index (κ1) is 37.9. The summed E-state index contributed by atoms with van der Waals surface area (Å²) in [5, 5.41) is 22.1. The Morgan fingerprint density at radius 1 is 0.958 bits per heavy atom. The van der Waals surface area contributed by atoms with E-state index < -0.39 is 36.0 Å². The fourth-order valence-corrected chi connectivity index (χ4v) is 7.14. The molecule has 1 aliphatic carbocycles. The highest BCUT2D eigenvalue weighted by atomic mass is 16.6. The van der Waals surface area contributed by atoms with Crippen LogP contribution in [-0.2, 0) is 19.0 Å². The number of esters is 1. The van der Waals surface area contributed by atoms with Crippen molar-refractivity contribution in [2.45, 2.75) is 128 Å². The predicted octanol–water partition coefficient (Wildman–Crippen LogP) is 5.36. The van der Waals surface area contributed by atoms with Crippen LogP contribution >= 0.6 is 0 Å². The van der Waals surface area contributed by atoms with E-state index in [2.05, 4.69) is 4.90 Å². The second kappa shape index (κ2) is 18.8. The summed E-state index contributed by atoms with van der Waals surface area (Å²) in [6.07, 6.45) is 16.0. The topological polar surface area (TPSA) is 129 Å². The maximum atomic E-state index is 13.4. The number of carbonyl (C=O) groups is 3. The Bertz CT molecular complexity index is 1130. The summed E-state index contributed by atoms with van der Waals surface area (Å²) in [7, 11) is 0. The minimum Gasteiger partial charge on any atom is -0.457 e. The lowest BCUT2D eigenvalue weighted by Gasteiger charge is -2.40. The third-order valence-electron chi connectivity index (χ3n) is 10.3. The van der Waals surface area contributed by atoms with Crippen LogP contribution in [0.3, 0.4) is 0 Å². The standard InChI is InChI=1S/C37H59N3O8/c1-28(13-7-6-12-26-46-35(43)39-20-10-11-21-39)34-29(2)16-17-32(37(3,45)19-18-31(41)27-33(42)48-34)47-36(44)40-24-22-38(23-25-40)30-14-8-4-5-9-15-30/h6-7,13,16-17,29-32,34,41,45H,4-5,8-12,14-15,18-27H2,1-3H3/b7-6+,17-16+,28-13+/t29-,31+,32+,34-,37+/m0/s1. The van der Waals surface area contributed by atoms with Gasteiger partial charge in [-0.25, -0.2) is 9.59 Å². The molecule has 3 fully saturated rings. The van der Waals surface area contributed by atoms with Crippen molar-refractivity contribution in [2.24, 2.45) is 5.92 Å². The van der Waals surface area contributed by atoms with Crippen molar-refractivity contribution in [3.63, 3.8) is 0 Å². The van der Waals surface area contributed by atoms with Gasteiger partial charge in [-0.3, -0.25) is 9.69 Å². The number of amides is 2. The number of piperazine rings is 1. The Kier molecular flexibility index (Phi) is 14.8. The van der Waals surface area contributed by atoms with Crippen LogP contribution in [0.4, 0.5) is 9.59 Å². The van der Waals surface area contributed by atoms with Crippen molar-refractivity contribution in [2.75, 3.05) is 45.9 Å². The summed E-state index contributed by atoms with van der Waals surface area (Å²) < 4.78 is 17.2. The summed E-state index contributed by atoms with van der Waals surface area (Å²) >= 11 is 0. The van der Waals surface area contributed by atoms with Crippen LogP contribution in [0.1, 0.15) is 97.8 Å². The van der Waals surface area contributed by atoms with Crippen LogP contribution in [0, 0.1) is 5.92 Å². The van der Waals surface area contributed by atoms with Gasteiger partial charge in [0.1, 0.15) is 11.7 Å². The largest absolute Gasteiger partial charge is 0.457 e. The molecule has 4 aliphatic rings. The Morgan fingerprint density at radius 2 is 1.62 bits per heavy atom. The lowest BCUT2D eigenvalue weighted by atomic mass is 9.89. The van der Waals surface area contributed by atoms with Crippen LogP contribution in [0.15, 0.2) is 36.0 Å². The Labute approximate surface area is 286 Å². The number of rotatable bonds is 7. The minimum atomic E-state index is -1.46. The van der Waals surface area contributed by atoms with E-state index in [1.165, 1.54) is 38.5 Å². The van der Waals surface area contributed by atoms with E-state index in [1.54, 1.807) is 22.8 Å². The van der Waals surface area contributed by atoms with Crippen LogP contribution in [0.5, 0.6) is 0 Å². The first-order chi connectivity index (χ1) is 23.0. The smallest absolute Gasteiger partial charge is 0.410 e. The Balaban J connectivity index is 1.37. The number of aliphatic hydroxyl groups excluding tert-OH is 1. The molecule has 4 rings (SSSR count). The Morgan fingerprint density at radius 3 is 2.31 bits per heavy atom. The zero-order chi connectivity index (χ0) is 34.5. The molecule has 2 amide bonds. The number of aliphatic hydroxyl groups is 2. The zero-order valence-electron chi connectivity index (χ0n) is 29.4. The molecule has 3 aliphatic heterocycles. The number of ether oxygens (including phenoxy) is 3. The number of likely N-dealkylation sites (tertiary alicyclic amines) is 1. The van der Waals surface area contributed by atoms with Crippen LogP contribution in [0.25, 0.3) is 0 Å². The van der Waals surface area contributed by atoms with E-state index in [0.29, 0.717) is 25.6 Å². The van der Waals surface area contributed by atoms with Crippen molar-refractivity contribution >= 4 is 18.2 Å². The molecule has 0 radical (unpaired) electrons. The average molecular weight is 674 g/mol. The summed E-state index contributed by atoms with van der Waals surface area (Å²) in [6, 6.07) is 0.591. The Hall–Kier alpha value is -2.89. The molecule has 0 unspecified atom stereocenters. The molecule has 11 heteroatoms. The van der Waals surface area contributed by atoms with Gasteiger partial charge in [0.05, 0.1) is 19.1 Å². The van der Waals surface area contributed by atoms with Crippen molar-refractivity contribution in [1.29, 1.82) is 0 Å². The van der Waals surface area contributed by atoms with Gasteiger partial charge >= 0.3 is 18.2 Å². The molecular weight excluding hydrogens is 614 g/mol. The molecule has 5 atom stereocenters. The van der Waals surface area contributed by atoms with Gasteiger partial charge in [0, 0.05) is 51.2 Å². The van der Waals surface area contributed by atoms with Crippen LogP contribution < -0.4 is 0 Å². The van der Waals surface area contributed by atoms with E-state index >= 15 is 0 Å². The molecule has 1 saturated carbocycles. The third-order valence-corrected chi connectivity index (χ3v) is 10.3. The second-order valence-corrected chi connectivity index (χ2v) is 14.3. The lowest BCUT2D eigenvalue weighted by molar-refractivity contribution is -0.151. The predicted molar refractivity (Wildman–Crippen MR) is 183 cm³/mol. The molecule has 270 valence electrons. The first-order valence-electron chi connectivity index (χ1n) is 18.3. The number of carbonyl (C=O) groups excluding carboxylic acids is 3. The minimum absolute atomic E-state index is 0.133. The highest BCUT2D eigenvalue weighted by Gasteiger charge is 2.37. The SMILES string of the molecule is C/C(=C\C=C\CCOC(=O)N1CCCC1)[C@@H]1OC(=O)C[C@H](O)CC[C@@](C)(O)[C@H](OC(=O)N2CCN(C3CCCCCC3)CC2)/C=C/[C@@H]1C. The fraction of sp³-hybridized carbons (Fsp3) is 0.757. The van der Waals surface area contributed by atoms with Gasteiger partial charge < -0.3 is 34.2 Å². The van der Waals surface area contributed by atoms with Crippen molar-refractivity contribution in [3.05, 3.63) is 36.0 Å². The van der Waals surface area contributed by atoms with Crippen molar-refractivity contribution in [3.8, 4) is 0 Å². The molecule has 0 aromatic heterocycles.